The number of fused-ring (bicyclic) bond motifs is 7. The Morgan fingerprint density at radius 2 is 1.62 bits per heavy atom. The molecule has 5 aliphatic rings. The minimum Gasteiger partial charge on any atom is -0.458 e. The molecule has 0 aromatic carbocycles. The molecule has 5 fully saturated rings. The SMILES string of the molecule is C=C(C)[C@@H]1CC[C@]2(C)CC[C@]3(C)[C@H](CC[C@H]4[C@@]5(C)C(OC(=O)c6ccncc6)C[C@H](O)C(C)(C)[C@H]5CC[C@]43C)[C@@H]12. The van der Waals surface area contributed by atoms with E-state index in [1.165, 1.54) is 50.5 Å². The van der Waals surface area contributed by atoms with Crippen LogP contribution in [-0.2, 0) is 4.74 Å². The van der Waals surface area contributed by atoms with E-state index in [-0.39, 0.29) is 33.7 Å². The van der Waals surface area contributed by atoms with Crippen LogP contribution in [0.3, 0.4) is 0 Å². The molecule has 1 aromatic heterocycles. The molecule has 0 spiro atoms. The molecular weight excluding hydrogens is 494 g/mol. The van der Waals surface area contributed by atoms with Crippen molar-refractivity contribution in [3.63, 3.8) is 0 Å². The number of hydrogen-bond acceptors (Lipinski definition) is 4. The van der Waals surface area contributed by atoms with Crippen molar-refractivity contribution in [3.05, 3.63) is 42.2 Å². The second-order valence-corrected chi connectivity index (χ2v) is 16.4. The molecule has 0 bridgehead atoms. The van der Waals surface area contributed by atoms with Crippen LogP contribution in [0.2, 0.25) is 0 Å². The first-order valence-electron chi connectivity index (χ1n) is 16.1. The van der Waals surface area contributed by atoms with Crippen LogP contribution in [0.15, 0.2) is 36.7 Å². The summed E-state index contributed by atoms with van der Waals surface area (Å²) in [4.78, 5) is 17.5. The molecule has 4 nitrogen and oxygen atoms in total. The van der Waals surface area contributed by atoms with E-state index in [0.717, 1.165) is 18.3 Å². The Kier molecular flexibility index (Phi) is 6.51. The second kappa shape index (κ2) is 9.16. The summed E-state index contributed by atoms with van der Waals surface area (Å²) >= 11 is 0. The maximum atomic E-state index is 13.4. The molecule has 6 rings (SSSR count). The number of carbonyl (C=O) groups excluding carboxylic acids is 1. The molecule has 0 amide bonds. The lowest BCUT2D eigenvalue weighted by molar-refractivity contribution is -0.273. The molecular formula is C36H53NO3. The number of carbonyl (C=O) groups is 1. The number of rotatable bonds is 3. The van der Waals surface area contributed by atoms with Crippen LogP contribution >= 0.6 is 0 Å². The summed E-state index contributed by atoms with van der Waals surface area (Å²) in [5.41, 5.74) is 2.41. The predicted octanol–water partition coefficient (Wildman–Crippen LogP) is 8.26. The summed E-state index contributed by atoms with van der Waals surface area (Å²) in [7, 11) is 0. The summed E-state index contributed by atoms with van der Waals surface area (Å²) in [5.74, 6) is 2.58. The number of esters is 1. The second-order valence-electron chi connectivity index (χ2n) is 16.4. The van der Waals surface area contributed by atoms with Crippen molar-refractivity contribution in [2.24, 2.45) is 56.7 Å². The number of hydrogen-bond donors (Lipinski definition) is 1. The normalized spacial score (nSPS) is 49.1. The number of pyridine rings is 1. The fraction of sp³-hybridized carbons (Fsp3) is 0.778. The smallest absolute Gasteiger partial charge is 0.338 e. The van der Waals surface area contributed by atoms with E-state index < -0.39 is 6.10 Å². The maximum Gasteiger partial charge on any atom is 0.338 e. The molecule has 1 aromatic rings. The number of ether oxygens (including phenoxy) is 1. The molecule has 220 valence electrons. The average molecular weight is 548 g/mol. The first-order chi connectivity index (χ1) is 18.7. The highest BCUT2D eigenvalue weighted by atomic mass is 16.5. The van der Waals surface area contributed by atoms with Gasteiger partial charge in [0.15, 0.2) is 0 Å². The molecule has 0 saturated heterocycles. The average Bonchev–Trinajstić information content (AvgIpc) is 3.26. The van der Waals surface area contributed by atoms with E-state index in [1.807, 2.05) is 0 Å². The molecule has 5 aliphatic carbocycles. The van der Waals surface area contributed by atoms with Gasteiger partial charge >= 0.3 is 5.97 Å². The lowest BCUT2D eigenvalue weighted by Gasteiger charge is -2.73. The van der Waals surface area contributed by atoms with Gasteiger partial charge in [-0.05, 0) is 122 Å². The number of allylic oxidation sites excluding steroid dienone is 1. The van der Waals surface area contributed by atoms with Crippen LogP contribution in [0.4, 0.5) is 0 Å². The third-order valence-corrected chi connectivity index (χ3v) is 14.7. The van der Waals surface area contributed by atoms with Crippen LogP contribution < -0.4 is 0 Å². The van der Waals surface area contributed by atoms with E-state index in [9.17, 15) is 9.90 Å². The standard InChI is InChI=1S/C36H53NO3/c1-22(2)24-11-15-33(5)17-18-34(6)25(30(24)33)9-10-27-35(34,7)16-12-26-32(3,4)28(38)21-29(36(26,27)8)40-31(39)23-13-19-37-20-14-23/h13-14,19-20,24-30,38H,1,9-12,15-18,21H2,2-8H3/t24-,25+,26+,27+,28-,29?,30+,33+,34+,35+,36-/m0/s1. The predicted molar refractivity (Wildman–Crippen MR) is 159 cm³/mol. The highest BCUT2D eigenvalue weighted by molar-refractivity contribution is 5.89. The van der Waals surface area contributed by atoms with Gasteiger partial charge in [0.2, 0.25) is 0 Å². The van der Waals surface area contributed by atoms with Gasteiger partial charge in [-0.1, -0.05) is 53.7 Å². The minimum absolute atomic E-state index is 0.171. The fourth-order valence-electron chi connectivity index (χ4n) is 12.3. The van der Waals surface area contributed by atoms with Crippen molar-refractivity contribution in [2.75, 3.05) is 0 Å². The topological polar surface area (TPSA) is 59.4 Å². The third kappa shape index (κ3) is 3.66. The van der Waals surface area contributed by atoms with Gasteiger partial charge in [-0.2, -0.15) is 0 Å². The zero-order chi connectivity index (χ0) is 28.9. The molecule has 5 saturated carbocycles. The van der Waals surface area contributed by atoms with E-state index in [4.69, 9.17) is 4.74 Å². The zero-order valence-corrected chi connectivity index (χ0v) is 26.1. The van der Waals surface area contributed by atoms with E-state index in [0.29, 0.717) is 35.2 Å². The van der Waals surface area contributed by atoms with E-state index >= 15 is 0 Å². The summed E-state index contributed by atoms with van der Waals surface area (Å²) in [6, 6.07) is 3.47. The Morgan fingerprint density at radius 3 is 2.30 bits per heavy atom. The largest absolute Gasteiger partial charge is 0.458 e. The van der Waals surface area contributed by atoms with Crippen LogP contribution in [0.25, 0.3) is 0 Å². The Labute approximate surface area is 242 Å². The van der Waals surface area contributed by atoms with Crippen molar-refractivity contribution in [1.29, 1.82) is 0 Å². The quantitative estimate of drug-likeness (QED) is 0.306. The van der Waals surface area contributed by atoms with Crippen molar-refractivity contribution in [3.8, 4) is 0 Å². The minimum atomic E-state index is -0.484. The zero-order valence-electron chi connectivity index (χ0n) is 26.1. The number of aliphatic hydroxyl groups excluding tert-OH is 1. The Bertz CT molecular complexity index is 1180. The molecule has 0 radical (unpaired) electrons. The van der Waals surface area contributed by atoms with Crippen LogP contribution in [0.1, 0.15) is 117 Å². The molecule has 1 heterocycles. The number of aliphatic hydroxyl groups is 1. The molecule has 1 N–H and O–H groups in total. The van der Waals surface area contributed by atoms with Crippen molar-refractivity contribution in [2.45, 2.75) is 118 Å². The Hall–Kier alpha value is -1.68. The van der Waals surface area contributed by atoms with E-state index in [2.05, 4.69) is 60.0 Å². The lowest BCUT2D eigenvalue weighted by Crippen LogP contribution is -2.70. The maximum absolute atomic E-state index is 13.4. The van der Waals surface area contributed by atoms with Gasteiger partial charge in [0.1, 0.15) is 6.10 Å². The van der Waals surface area contributed by atoms with Gasteiger partial charge in [0, 0.05) is 24.2 Å². The fourth-order valence-corrected chi connectivity index (χ4v) is 12.3. The van der Waals surface area contributed by atoms with Crippen molar-refractivity contribution in [1.82, 2.24) is 4.98 Å². The first-order valence-corrected chi connectivity index (χ1v) is 16.1. The molecule has 4 heteroatoms. The number of nitrogens with zero attached hydrogens (tertiary/aromatic N) is 1. The summed E-state index contributed by atoms with van der Waals surface area (Å²) in [6.07, 6.45) is 13.1. The van der Waals surface area contributed by atoms with Crippen LogP contribution in [-0.4, -0.2) is 28.3 Å². The summed E-state index contributed by atoms with van der Waals surface area (Å²) in [6.45, 7) is 21.6. The highest BCUT2D eigenvalue weighted by Crippen LogP contribution is 2.77. The molecule has 40 heavy (non-hydrogen) atoms. The molecule has 1 unspecified atom stereocenters. The Morgan fingerprint density at radius 1 is 0.925 bits per heavy atom. The number of aromatic nitrogens is 1. The van der Waals surface area contributed by atoms with Gasteiger partial charge in [-0.15, -0.1) is 0 Å². The van der Waals surface area contributed by atoms with Crippen LogP contribution in [0, 0.1) is 56.7 Å². The van der Waals surface area contributed by atoms with Gasteiger partial charge < -0.3 is 9.84 Å². The highest BCUT2D eigenvalue weighted by Gasteiger charge is 2.72. The molecule has 11 atom stereocenters. The third-order valence-electron chi connectivity index (χ3n) is 14.7. The first kappa shape index (κ1) is 28.4. The van der Waals surface area contributed by atoms with Gasteiger partial charge in [0.25, 0.3) is 0 Å². The Balaban J connectivity index is 1.40. The van der Waals surface area contributed by atoms with Gasteiger partial charge in [0.05, 0.1) is 11.7 Å². The van der Waals surface area contributed by atoms with E-state index in [1.54, 1.807) is 24.5 Å². The van der Waals surface area contributed by atoms with Crippen molar-refractivity contribution < 1.29 is 14.6 Å². The van der Waals surface area contributed by atoms with Crippen LogP contribution in [0.5, 0.6) is 0 Å². The molecule has 0 aliphatic heterocycles. The lowest BCUT2D eigenvalue weighted by atomic mass is 9.32. The van der Waals surface area contributed by atoms with Crippen molar-refractivity contribution >= 4 is 5.97 Å². The summed E-state index contributed by atoms with van der Waals surface area (Å²) < 4.78 is 6.47. The summed E-state index contributed by atoms with van der Waals surface area (Å²) in [5, 5.41) is 11.4. The monoisotopic (exact) mass is 547 g/mol. The van der Waals surface area contributed by atoms with Gasteiger partial charge in [-0.25, -0.2) is 4.79 Å². The van der Waals surface area contributed by atoms with Gasteiger partial charge in [-0.3, -0.25) is 4.98 Å².